The Morgan fingerprint density at radius 3 is 2.91 bits per heavy atom. The molecule has 1 rings (SSSR count). The Morgan fingerprint density at radius 2 is 2.45 bits per heavy atom. The van der Waals surface area contributed by atoms with E-state index in [1.165, 1.54) is 0 Å². The number of aromatic nitrogens is 2. The Hall–Kier alpha value is -0.830. The lowest BCUT2D eigenvalue weighted by atomic mass is 10.2. The maximum Gasteiger partial charge on any atom is 0.0553 e. The van der Waals surface area contributed by atoms with Gasteiger partial charge in [-0.1, -0.05) is 0 Å². The van der Waals surface area contributed by atoms with Gasteiger partial charge in [0.15, 0.2) is 0 Å². The minimum atomic E-state index is -0.274. The molecule has 1 aromatic rings. The first-order valence-corrected chi connectivity index (χ1v) is 3.91. The van der Waals surface area contributed by atoms with Gasteiger partial charge < -0.3 is 5.11 Å². The molecule has 0 bridgehead atoms. The molecule has 0 amide bonds. The second-order valence-corrected chi connectivity index (χ2v) is 2.76. The van der Waals surface area contributed by atoms with Gasteiger partial charge in [-0.2, -0.15) is 5.10 Å². The molecule has 0 fully saturated rings. The highest BCUT2D eigenvalue weighted by molar-refractivity contribution is 5.04. The predicted molar refractivity (Wildman–Crippen MR) is 43.3 cm³/mol. The molecule has 0 unspecified atom stereocenters. The highest BCUT2D eigenvalue weighted by Crippen LogP contribution is 2.01. The Labute approximate surface area is 66.7 Å². The van der Waals surface area contributed by atoms with E-state index in [1.54, 1.807) is 13.1 Å². The van der Waals surface area contributed by atoms with Crippen LogP contribution in [0.5, 0.6) is 0 Å². The average molecular weight is 154 g/mol. The number of aliphatic hydroxyl groups is 1. The third-order valence-electron chi connectivity index (χ3n) is 1.54. The van der Waals surface area contributed by atoms with E-state index in [9.17, 15) is 0 Å². The van der Waals surface area contributed by atoms with Crippen LogP contribution in [0, 0.1) is 0 Å². The molecule has 0 aromatic carbocycles. The van der Waals surface area contributed by atoms with Gasteiger partial charge in [-0.05, 0) is 19.4 Å². The summed E-state index contributed by atoms with van der Waals surface area (Å²) >= 11 is 0. The maximum absolute atomic E-state index is 9.05. The van der Waals surface area contributed by atoms with Crippen LogP contribution >= 0.6 is 0 Å². The lowest BCUT2D eigenvalue weighted by molar-refractivity contribution is 0.195. The average Bonchev–Trinajstić information content (AvgIpc) is 2.34. The third-order valence-corrected chi connectivity index (χ3v) is 1.54. The first-order chi connectivity index (χ1) is 5.22. The van der Waals surface area contributed by atoms with Crippen LogP contribution in [0.15, 0.2) is 12.4 Å². The van der Waals surface area contributed by atoms with Crippen LogP contribution < -0.4 is 0 Å². The normalized spacial score (nSPS) is 13.4. The van der Waals surface area contributed by atoms with Crippen LogP contribution in [-0.4, -0.2) is 21.0 Å². The van der Waals surface area contributed by atoms with E-state index in [-0.39, 0.29) is 6.10 Å². The van der Waals surface area contributed by atoms with E-state index in [0.29, 0.717) is 6.42 Å². The summed E-state index contributed by atoms with van der Waals surface area (Å²) in [6.07, 6.45) is 4.19. The fourth-order valence-electron chi connectivity index (χ4n) is 1.03. The van der Waals surface area contributed by atoms with Gasteiger partial charge in [0, 0.05) is 19.2 Å². The summed E-state index contributed by atoms with van der Waals surface area (Å²) in [5, 5.41) is 13.1. The lowest BCUT2D eigenvalue weighted by Gasteiger charge is -1.98. The zero-order valence-electron chi connectivity index (χ0n) is 6.99. The maximum atomic E-state index is 9.05. The van der Waals surface area contributed by atoms with Crippen LogP contribution in [0.1, 0.15) is 19.4 Å². The summed E-state index contributed by atoms with van der Waals surface area (Å²) in [5.74, 6) is 0. The summed E-state index contributed by atoms with van der Waals surface area (Å²) in [4.78, 5) is 0. The number of hydrogen-bond acceptors (Lipinski definition) is 2. The van der Waals surface area contributed by atoms with Gasteiger partial charge in [-0.15, -0.1) is 0 Å². The number of rotatable bonds is 3. The van der Waals surface area contributed by atoms with Crippen molar-refractivity contribution in [3.63, 3.8) is 0 Å². The van der Waals surface area contributed by atoms with E-state index in [4.69, 9.17) is 5.11 Å². The van der Waals surface area contributed by atoms with Crippen molar-refractivity contribution < 1.29 is 5.11 Å². The molecule has 0 saturated carbocycles. The third kappa shape index (κ3) is 2.35. The molecule has 1 aromatic heterocycles. The van der Waals surface area contributed by atoms with Crippen molar-refractivity contribution in [2.75, 3.05) is 0 Å². The van der Waals surface area contributed by atoms with Crippen molar-refractivity contribution in [1.29, 1.82) is 0 Å². The molecule has 0 saturated heterocycles. The molecular weight excluding hydrogens is 140 g/mol. The second kappa shape index (κ2) is 3.53. The number of aryl methyl sites for hydroxylation is 1. The molecule has 0 aliphatic carbocycles. The molecule has 0 aliphatic rings. The highest BCUT2D eigenvalue weighted by atomic mass is 16.3. The molecule has 0 radical (unpaired) electrons. The van der Waals surface area contributed by atoms with Gasteiger partial charge >= 0.3 is 0 Å². The van der Waals surface area contributed by atoms with Crippen molar-refractivity contribution >= 4 is 0 Å². The van der Waals surface area contributed by atoms with Crippen molar-refractivity contribution in [3.8, 4) is 0 Å². The van der Waals surface area contributed by atoms with E-state index in [2.05, 4.69) is 5.10 Å². The highest BCUT2D eigenvalue weighted by Gasteiger charge is 2.00. The molecule has 1 heterocycles. The molecule has 0 spiro atoms. The Balaban J connectivity index is 2.58. The molecule has 1 N–H and O–H groups in total. The fourth-order valence-corrected chi connectivity index (χ4v) is 1.03. The van der Waals surface area contributed by atoms with Crippen LogP contribution in [0.3, 0.4) is 0 Å². The summed E-state index contributed by atoms with van der Waals surface area (Å²) in [6, 6.07) is 0. The fraction of sp³-hybridized carbons (Fsp3) is 0.625. The number of aliphatic hydroxyl groups excluding tert-OH is 1. The summed E-state index contributed by atoms with van der Waals surface area (Å²) in [6.45, 7) is 4.71. The largest absolute Gasteiger partial charge is 0.393 e. The summed E-state index contributed by atoms with van der Waals surface area (Å²) < 4.78 is 1.86. The number of hydrogen-bond donors (Lipinski definition) is 1. The molecule has 0 aliphatic heterocycles. The minimum absolute atomic E-state index is 0.274. The van der Waals surface area contributed by atoms with Crippen LogP contribution in [0.2, 0.25) is 0 Å². The Kier molecular flexibility index (Phi) is 2.65. The SMILES string of the molecule is CCn1cc(C[C@@H](C)O)cn1. The smallest absolute Gasteiger partial charge is 0.0553 e. The van der Waals surface area contributed by atoms with E-state index < -0.39 is 0 Å². The van der Waals surface area contributed by atoms with Crippen molar-refractivity contribution in [2.45, 2.75) is 32.9 Å². The van der Waals surface area contributed by atoms with Crippen LogP contribution in [-0.2, 0) is 13.0 Å². The topological polar surface area (TPSA) is 38.0 Å². The molecule has 3 heteroatoms. The Morgan fingerprint density at radius 1 is 1.73 bits per heavy atom. The molecule has 62 valence electrons. The monoisotopic (exact) mass is 154 g/mol. The van der Waals surface area contributed by atoms with Crippen molar-refractivity contribution in [3.05, 3.63) is 18.0 Å². The zero-order valence-corrected chi connectivity index (χ0v) is 6.99. The van der Waals surface area contributed by atoms with Gasteiger partial charge in [-0.3, -0.25) is 4.68 Å². The number of nitrogens with zero attached hydrogens (tertiary/aromatic N) is 2. The molecule has 3 nitrogen and oxygen atoms in total. The van der Waals surface area contributed by atoms with Crippen LogP contribution in [0.25, 0.3) is 0 Å². The zero-order chi connectivity index (χ0) is 8.27. The van der Waals surface area contributed by atoms with Crippen molar-refractivity contribution in [2.24, 2.45) is 0 Å². The van der Waals surface area contributed by atoms with Gasteiger partial charge in [0.25, 0.3) is 0 Å². The predicted octanol–water partition coefficient (Wildman–Crippen LogP) is 0.826. The van der Waals surface area contributed by atoms with E-state index in [0.717, 1.165) is 12.1 Å². The second-order valence-electron chi connectivity index (χ2n) is 2.76. The van der Waals surface area contributed by atoms with E-state index >= 15 is 0 Å². The van der Waals surface area contributed by atoms with Crippen molar-refractivity contribution in [1.82, 2.24) is 9.78 Å². The van der Waals surface area contributed by atoms with E-state index in [1.807, 2.05) is 17.8 Å². The lowest BCUT2D eigenvalue weighted by Crippen LogP contribution is -2.03. The Bertz CT molecular complexity index is 218. The van der Waals surface area contributed by atoms with Gasteiger partial charge in [-0.25, -0.2) is 0 Å². The first-order valence-electron chi connectivity index (χ1n) is 3.91. The standard InChI is InChI=1S/C8H14N2O/c1-3-10-6-8(5-9-10)4-7(2)11/h5-7,11H,3-4H2,1-2H3/t7-/m1/s1. The first kappa shape index (κ1) is 8.27. The van der Waals surface area contributed by atoms with Crippen LogP contribution in [0.4, 0.5) is 0 Å². The molecule has 1 atom stereocenters. The molecular formula is C8H14N2O. The van der Waals surface area contributed by atoms with Gasteiger partial charge in [0.2, 0.25) is 0 Å². The van der Waals surface area contributed by atoms with Gasteiger partial charge in [0.1, 0.15) is 0 Å². The van der Waals surface area contributed by atoms with Gasteiger partial charge in [0.05, 0.1) is 12.3 Å². The summed E-state index contributed by atoms with van der Waals surface area (Å²) in [7, 11) is 0. The summed E-state index contributed by atoms with van der Waals surface area (Å²) in [5.41, 5.74) is 1.10. The quantitative estimate of drug-likeness (QED) is 0.700. The molecule has 11 heavy (non-hydrogen) atoms. The minimum Gasteiger partial charge on any atom is -0.393 e.